The van der Waals surface area contributed by atoms with E-state index in [1.54, 1.807) is 7.11 Å². The molecule has 0 amide bonds. The third-order valence-electron chi connectivity index (χ3n) is 3.11. The highest BCUT2D eigenvalue weighted by Gasteiger charge is 2.12. The van der Waals surface area contributed by atoms with Gasteiger partial charge in [0.05, 0.1) is 13.7 Å². The smallest absolute Gasteiger partial charge is 0.161 e. The predicted molar refractivity (Wildman–Crippen MR) is 81.7 cm³/mol. The summed E-state index contributed by atoms with van der Waals surface area (Å²) in [5.41, 5.74) is 6.91. The highest BCUT2D eigenvalue weighted by atomic mass is 35.5. The van der Waals surface area contributed by atoms with Crippen molar-refractivity contribution in [3.05, 3.63) is 59.1 Å². The van der Waals surface area contributed by atoms with Gasteiger partial charge in [0.25, 0.3) is 0 Å². The summed E-state index contributed by atoms with van der Waals surface area (Å²) in [6.07, 6.45) is 0. The summed E-state index contributed by atoms with van der Waals surface area (Å²) < 4.78 is 11.1. The second-order valence-corrected chi connectivity index (χ2v) is 4.89. The van der Waals surface area contributed by atoms with Crippen LogP contribution in [0.3, 0.4) is 0 Å². The molecular weight excluding hydrogens is 274 g/mol. The molecule has 106 valence electrons. The van der Waals surface area contributed by atoms with E-state index in [2.05, 4.69) is 0 Å². The molecule has 3 nitrogen and oxygen atoms in total. The van der Waals surface area contributed by atoms with Crippen LogP contribution in [0.1, 0.15) is 11.5 Å². The molecule has 0 bridgehead atoms. The standard InChI is InChI=1S/C16H18ClNO2/c1-19-15-7-2-3-8-16(15)20-11-13(10-18)12-5-4-6-14(17)9-12/h2-9,13H,10-11,18H2,1H3. The summed E-state index contributed by atoms with van der Waals surface area (Å²) in [7, 11) is 1.62. The highest BCUT2D eigenvalue weighted by Crippen LogP contribution is 2.27. The largest absolute Gasteiger partial charge is 0.493 e. The average Bonchev–Trinajstić information content (AvgIpc) is 2.48. The van der Waals surface area contributed by atoms with E-state index in [1.807, 2.05) is 48.5 Å². The monoisotopic (exact) mass is 291 g/mol. The number of para-hydroxylation sites is 2. The second-order valence-electron chi connectivity index (χ2n) is 4.45. The van der Waals surface area contributed by atoms with Gasteiger partial charge in [0.15, 0.2) is 11.5 Å². The van der Waals surface area contributed by atoms with Gasteiger partial charge in [-0.15, -0.1) is 0 Å². The summed E-state index contributed by atoms with van der Waals surface area (Å²) in [6.45, 7) is 0.979. The molecule has 0 fully saturated rings. The summed E-state index contributed by atoms with van der Waals surface area (Å²) in [6, 6.07) is 15.3. The number of rotatable bonds is 6. The maximum Gasteiger partial charge on any atom is 0.161 e. The third-order valence-corrected chi connectivity index (χ3v) is 3.35. The number of hydrogen-bond acceptors (Lipinski definition) is 3. The quantitative estimate of drug-likeness (QED) is 0.886. The summed E-state index contributed by atoms with van der Waals surface area (Å²) in [4.78, 5) is 0. The van der Waals surface area contributed by atoms with Crippen molar-refractivity contribution in [3.63, 3.8) is 0 Å². The molecule has 2 N–H and O–H groups in total. The van der Waals surface area contributed by atoms with Gasteiger partial charge in [-0.05, 0) is 29.8 Å². The van der Waals surface area contributed by atoms with Crippen LogP contribution in [0.2, 0.25) is 5.02 Å². The van der Waals surface area contributed by atoms with Crippen LogP contribution in [0.5, 0.6) is 11.5 Å². The summed E-state index contributed by atoms with van der Waals surface area (Å²) in [5.74, 6) is 1.53. The first kappa shape index (κ1) is 14.7. The van der Waals surface area contributed by atoms with Crippen LogP contribution in [0.4, 0.5) is 0 Å². The SMILES string of the molecule is COc1ccccc1OCC(CN)c1cccc(Cl)c1. The van der Waals surface area contributed by atoms with Crippen molar-refractivity contribution in [3.8, 4) is 11.5 Å². The van der Waals surface area contributed by atoms with Crippen molar-refractivity contribution in [2.45, 2.75) is 5.92 Å². The van der Waals surface area contributed by atoms with Gasteiger partial charge in [0, 0.05) is 17.5 Å². The van der Waals surface area contributed by atoms with E-state index >= 15 is 0 Å². The zero-order valence-electron chi connectivity index (χ0n) is 11.4. The number of methoxy groups -OCH3 is 1. The molecule has 0 spiro atoms. The van der Waals surface area contributed by atoms with Crippen molar-refractivity contribution < 1.29 is 9.47 Å². The van der Waals surface area contributed by atoms with Crippen LogP contribution >= 0.6 is 11.6 Å². The van der Waals surface area contributed by atoms with Gasteiger partial charge in [-0.2, -0.15) is 0 Å². The first-order valence-corrected chi connectivity index (χ1v) is 6.83. The van der Waals surface area contributed by atoms with E-state index in [0.717, 1.165) is 17.1 Å². The fraction of sp³-hybridized carbons (Fsp3) is 0.250. The Morgan fingerprint density at radius 1 is 1.10 bits per heavy atom. The minimum atomic E-state index is 0.0959. The minimum absolute atomic E-state index is 0.0959. The Labute approximate surface area is 124 Å². The van der Waals surface area contributed by atoms with Gasteiger partial charge < -0.3 is 15.2 Å². The Morgan fingerprint density at radius 3 is 2.50 bits per heavy atom. The molecule has 0 saturated heterocycles. The van der Waals surface area contributed by atoms with E-state index in [4.69, 9.17) is 26.8 Å². The molecule has 0 aliphatic heterocycles. The lowest BCUT2D eigenvalue weighted by Crippen LogP contribution is -2.19. The first-order chi connectivity index (χ1) is 9.74. The van der Waals surface area contributed by atoms with Gasteiger partial charge in [-0.3, -0.25) is 0 Å². The maximum atomic E-state index is 6.01. The zero-order chi connectivity index (χ0) is 14.4. The minimum Gasteiger partial charge on any atom is -0.493 e. The van der Waals surface area contributed by atoms with E-state index in [0.29, 0.717) is 18.2 Å². The number of halogens is 1. The molecule has 1 unspecified atom stereocenters. The fourth-order valence-electron chi connectivity index (χ4n) is 1.99. The number of nitrogens with two attached hydrogens (primary N) is 1. The average molecular weight is 292 g/mol. The molecule has 0 aliphatic rings. The van der Waals surface area contributed by atoms with Crippen LogP contribution < -0.4 is 15.2 Å². The Balaban J connectivity index is 2.08. The van der Waals surface area contributed by atoms with Gasteiger partial charge in [0.1, 0.15) is 0 Å². The van der Waals surface area contributed by atoms with Crippen molar-refractivity contribution in [2.24, 2.45) is 5.73 Å². The highest BCUT2D eigenvalue weighted by molar-refractivity contribution is 6.30. The Hall–Kier alpha value is -1.71. The van der Waals surface area contributed by atoms with Crippen LogP contribution in [-0.4, -0.2) is 20.3 Å². The molecule has 2 aromatic carbocycles. The van der Waals surface area contributed by atoms with E-state index in [1.165, 1.54) is 0 Å². The molecule has 4 heteroatoms. The lowest BCUT2D eigenvalue weighted by molar-refractivity contribution is 0.273. The Morgan fingerprint density at radius 2 is 1.85 bits per heavy atom. The molecule has 2 rings (SSSR count). The normalized spacial score (nSPS) is 11.9. The molecule has 0 aliphatic carbocycles. The van der Waals surface area contributed by atoms with E-state index < -0.39 is 0 Å². The zero-order valence-corrected chi connectivity index (χ0v) is 12.1. The molecule has 1 atom stereocenters. The Kier molecular flexibility index (Phi) is 5.27. The fourth-order valence-corrected chi connectivity index (χ4v) is 2.19. The van der Waals surface area contributed by atoms with Crippen LogP contribution in [-0.2, 0) is 0 Å². The lowest BCUT2D eigenvalue weighted by Gasteiger charge is -2.17. The third kappa shape index (κ3) is 3.65. The maximum absolute atomic E-state index is 6.01. The van der Waals surface area contributed by atoms with Crippen LogP contribution in [0.15, 0.2) is 48.5 Å². The van der Waals surface area contributed by atoms with Gasteiger partial charge >= 0.3 is 0 Å². The van der Waals surface area contributed by atoms with E-state index in [9.17, 15) is 0 Å². The van der Waals surface area contributed by atoms with Crippen molar-refractivity contribution in [1.29, 1.82) is 0 Å². The molecule has 0 heterocycles. The van der Waals surface area contributed by atoms with E-state index in [-0.39, 0.29) is 5.92 Å². The summed E-state index contributed by atoms with van der Waals surface area (Å²) in [5, 5.41) is 0.707. The Bertz CT molecular complexity index is 560. The van der Waals surface area contributed by atoms with Crippen LogP contribution in [0, 0.1) is 0 Å². The lowest BCUT2D eigenvalue weighted by atomic mass is 10.0. The van der Waals surface area contributed by atoms with Gasteiger partial charge in [-0.25, -0.2) is 0 Å². The topological polar surface area (TPSA) is 44.5 Å². The first-order valence-electron chi connectivity index (χ1n) is 6.46. The molecule has 0 saturated carbocycles. The number of ether oxygens (including phenoxy) is 2. The van der Waals surface area contributed by atoms with Gasteiger partial charge in [0.2, 0.25) is 0 Å². The van der Waals surface area contributed by atoms with Crippen molar-refractivity contribution in [1.82, 2.24) is 0 Å². The van der Waals surface area contributed by atoms with Crippen LogP contribution in [0.25, 0.3) is 0 Å². The molecular formula is C16H18ClNO2. The second kappa shape index (κ2) is 7.17. The molecule has 2 aromatic rings. The number of hydrogen-bond donors (Lipinski definition) is 1. The molecule has 0 radical (unpaired) electrons. The van der Waals surface area contributed by atoms with Crippen molar-refractivity contribution in [2.75, 3.05) is 20.3 Å². The predicted octanol–water partition coefficient (Wildman–Crippen LogP) is 3.47. The molecule has 20 heavy (non-hydrogen) atoms. The number of benzene rings is 2. The summed E-state index contributed by atoms with van der Waals surface area (Å²) >= 11 is 6.01. The van der Waals surface area contributed by atoms with Gasteiger partial charge in [-0.1, -0.05) is 35.9 Å². The molecule has 0 aromatic heterocycles. The van der Waals surface area contributed by atoms with Crippen molar-refractivity contribution >= 4 is 11.6 Å².